The van der Waals surface area contributed by atoms with E-state index in [1.165, 1.54) is 5.56 Å². The highest BCUT2D eigenvalue weighted by Crippen LogP contribution is 2.21. The van der Waals surface area contributed by atoms with E-state index in [1.54, 1.807) is 0 Å². The Hall–Kier alpha value is -3.80. The van der Waals surface area contributed by atoms with Gasteiger partial charge in [-0.3, -0.25) is 4.79 Å². The van der Waals surface area contributed by atoms with Gasteiger partial charge in [0.05, 0.1) is 17.6 Å². The molecule has 1 heterocycles. The first-order valence-electron chi connectivity index (χ1n) is 13.0. The summed E-state index contributed by atoms with van der Waals surface area (Å²) in [4.78, 5) is 17.2. The second-order valence-corrected chi connectivity index (χ2v) is 9.65. The van der Waals surface area contributed by atoms with Gasteiger partial charge in [0.1, 0.15) is 17.3 Å². The summed E-state index contributed by atoms with van der Waals surface area (Å²) in [5.41, 5.74) is 6.60. The van der Waals surface area contributed by atoms with Crippen LogP contribution in [0.1, 0.15) is 40.9 Å². The SMILES string of the molecule is Cc1ccc(C)c(OCCCCn2c(CCNC(=O)COc3cc(C)ccc3C)nc3ccccc32)c1. The normalized spacial score (nSPS) is 11.0. The molecule has 4 aromatic rings. The van der Waals surface area contributed by atoms with Gasteiger partial charge in [0.25, 0.3) is 5.91 Å². The summed E-state index contributed by atoms with van der Waals surface area (Å²) in [5, 5.41) is 2.97. The number of unbranched alkanes of at least 4 members (excludes halogenated alkanes) is 1. The summed E-state index contributed by atoms with van der Waals surface area (Å²) in [5.74, 6) is 2.56. The zero-order valence-electron chi connectivity index (χ0n) is 22.3. The number of amides is 1. The number of carbonyl (C=O) groups is 1. The number of fused-ring (bicyclic) bond motifs is 1. The Bertz CT molecular complexity index is 1360. The number of aryl methyl sites for hydroxylation is 5. The predicted molar refractivity (Wildman–Crippen MR) is 149 cm³/mol. The summed E-state index contributed by atoms with van der Waals surface area (Å²) < 4.78 is 14.0. The van der Waals surface area contributed by atoms with Crippen molar-refractivity contribution in [2.24, 2.45) is 0 Å². The third-order valence-corrected chi connectivity index (χ3v) is 6.48. The van der Waals surface area contributed by atoms with E-state index in [9.17, 15) is 4.79 Å². The maximum atomic E-state index is 12.4. The van der Waals surface area contributed by atoms with Crippen molar-refractivity contribution >= 4 is 16.9 Å². The largest absolute Gasteiger partial charge is 0.493 e. The summed E-state index contributed by atoms with van der Waals surface area (Å²) in [6, 6.07) is 20.5. The lowest BCUT2D eigenvalue weighted by atomic mass is 10.1. The standard InChI is InChI=1S/C31H37N3O3/c1-22-11-13-24(3)28(19-22)36-18-8-7-17-34-27-10-6-5-9-26(27)33-30(34)15-16-32-31(35)21-37-29-20-23(2)12-14-25(29)4/h5-6,9-14,19-20H,7-8,15-18,21H2,1-4H3,(H,32,35). The van der Waals surface area contributed by atoms with Crippen molar-refractivity contribution in [3.63, 3.8) is 0 Å². The van der Waals surface area contributed by atoms with E-state index in [4.69, 9.17) is 14.5 Å². The molecule has 0 bridgehead atoms. The fraction of sp³-hybridized carbons (Fsp3) is 0.355. The quantitative estimate of drug-likeness (QED) is 0.248. The van der Waals surface area contributed by atoms with E-state index >= 15 is 0 Å². The minimum Gasteiger partial charge on any atom is -0.493 e. The molecular formula is C31H37N3O3. The summed E-state index contributed by atoms with van der Waals surface area (Å²) in [6.07, 6.45) is 2.59. The Morgan fingerprint density at radius 1 is 0.865 bits per heavy atom. The number of para-hydroxylation sites is 2. The molecule has 0 radical (unpaired) electrons. The number of rotatable bonds is 12. The van der Waals surface area contributed by atoms with Gasteiger partial charge in [-0.1, -0.05) is 36.4 Å². The molecule has 1 N–H and O–H groups in total. The molecule has 0 aliphatic rings. The minimum atomic E-state index is -0.132. The molecule has 3 aromatic carbocycles. The average Bonchev–Trinajstić information content (AvgIpc) is 3.23. The molecule has 0 fully saturated rings. The van der Waals surface area contributed by atoms with Gasteiger partial charge in [0.15, 0.2) is 6.61 Å². The lowest BCUT2D eigenvalue weighted by Gasteiger charge is -2.12. The van der Waals surface area contributed by atoms with E-state index < -0.39 is 0 Å². The zero-order valence-corrected chi connectivity index (χ0v) is 22.3. The van der Waals surface area contributed by atoms with Gasteiger partial charge in [-0.2, -0.15) is 0 Å². The van der Waals surface area contributed by atoms with Crippen molar-refractivity contribution < 1.29 is 14.3 Å². The molecule has 0 unspecified atom stereocenters. The molecule has 1 aromatic heterocycles. The third kappa shape index (κ3) is 7.13. The Morgan fingerprint density at radius 2 is 1.54 bits per heavy atom. The smallest absolute Gasteiger partial charge is 0.257 e. The topological polar surface area (TPSA) is 65.4 Å². The molecule has 6 nitrogen and oxygen atoms in total. The molecule has 0 atom stereocenters. The average molecular weight is 500 g/mol. The lowest BCUT2D eigenvalue weighted by molar-refractivity contribution is -0.123. The second kappa shape index (κ2) is 12.4. The highest BCUT2D eigenvalue weighted by molar-refractivity contribution is 5.78. The number of hydrogen-bond acceptors (Lipinski definition) is 4. The van der Waals surface area contributed by atoms with Crippen LogP contribution in [0.25, 0.3) is 11.0 Å². The second-order valence-electron chi connectivity index (χ2n) is 9.65. The number of hydrogen-bond donors (Lipinski definition) is 1. The molecule has 0 spiro atoms. The first kappa shape index (κ1) is 26.3. The Morgan fingerprint density at radius 3 is 2.27 bits per heavy atom. The number of carbonyl (C=O) groups excluding carboxylic acids is 1. The van der Waals surface area contributed by atoms with Crippen LogP contribution in [0.3, 0.4) is 0 Å². The number of nitrogens with one attached hydrogen (secondary N) is 1. The Kier molecular flexibility index (Phi) is 8.83. The predicted octanol–water partition coefficient (Wildman–Crippen LogP) is 5.87. The van der Waals surface area contributed by atoms with Gasteiger partial charge >= 0.3 is 0 Å². The molecular weight excluding hydrogens is 462 g/mol. The van der Waals surface area contributed by atoms with E-state index in [0.717, 1.165) is 64.4 Å². The van der Waals surface area contributed by atoms with Gasteiger partial charge in [-0.15, -0.1) is 0 Å². The van der Waals surface area contributed by atoms with Gasteiger partial charge in [-0.25, -0.2) is 4.98 Å². The van der Waals surface area contributed by atoms with Crippen LogP contribution < -0.4 is 14.8 Å². The maximum absolute atomic E-state index is 12.4. The van der Waals surface area contributed by atoms with Crippen LogP contribution in [0.4, 0.5) is 0 Å². The van der Waals surface area contributed by atoms with Crippen molar-refractivity contribution in [1.29, 1.82) is 0 Å². The molecule has 37 heavy (non-hydrogen) atoms. The minimum absolute atomic E-state index is 0.00111. The van der Waals surface area contributed by atoms with Crippen molar-refractivity contribution in [1.82, 2.24) is 14.9 Å². The van der Waals surface area contributed by atoms with Gasteiger partial charge < -0.3 is 19.4 Å². The summed E-state index contributed by atoms with van der Waals surface area (Å²) >= 11 is 0. The highest BCUT2D eigenvalue weighted by Gasteiger charge is 2.12. The van der Waals surface area contributed by atoms with Gasteiger partial charge in [0, 0.05) is 19.5 Å². The number of benzene rings is 3. The van der Waals surface area contributed by atoms with Crippen LogP contribution in [0.15, 0.2) is 60.7 Å². The Balaban J connectivity index is 1.28. The highest BCUT2D eigenvalue weighted by atomic mass is 16.5. The van der Waals surface area contributed by atoms with Gasteiger partial charge in [0.2, 0.25) is 0 Å². The molecule has 0 aliphatic heterocycles. The molecule has 4 rings (SSSR count). The van der Waals surface area contributed by atoms with Crippen molar-refractivity contribution in [2.75, 3.05) is 19.8 Å². The monoisotopic (exact) mass is 499 g/mol. The fourth-order valence-corrected chi connectivity index (χ4v) is 4.35. The Labute approximate surface area is 219 Å². The molecule has 6 heteroatoms. The first-order valence-corrected chi connectivity index (χ1v) is 13.0. The number of imidazole rings is 1. The van der Waals surface area contributed by atoms with Crippen LogP contribution in [0, 0.1) is 27.7 Å². The number of nitrogens with zero attached hydrogens (tertiary/aromatic N) is 2. The van der Waals surface area contributed by atoms with Crippen LogP contribution in [0.5, 0.6) is 11.5 Å². The third-order valence-electron chi connectivity index (χ3n) is 6.48. The summed E-state index contributed by atoms with van der Waals surface area (Å²) in [6.45, 7) is 10.2. The zero-order chi connectivity index (χ0) is 26.2. The van der Waals surface area contributed by atoms with Crippen LogP contribution in [-0.2, 0) is 17.8 Å². The van der Waals surface area contributed by atoms with Crippen molar-refractivity contribution in [2.45, 2.75) is 53.5 Å². The van der Waals surface area contributed by atoms with E-state index in [-0.39, 0.29) is 12.5 Å². The van der Waals surface area contributed by atoms with E-state index in [1.807, 2.05) is 50.2 Å². The molecule has 194 valence electrons. The number of ether oxygens (including phenoxy) is 2. The van der Waals surface area contributed by atoms with E-state index in [2.05, 4.69) is 48.0 Å². The van der Waals surface area contributed by atoms with E-state index in [0.29, 0.717) is 19.6 Å². The molecule has 0 saturated carbocycles. The first-order chi connectivity index (χ1) is 17.9. The van der Waals surface area contributed by atoms with Crippen LogP contribution >= 0.6 is 0 Å². The van der Waals surface area contributed by atoms with Crippen LogP contribution in [0.2, 0.25) is 0 Å². The summed E-state index contributed by atoms with van der Waals surface area (Å²) in [7, 11) is 0. The molecule has 0 saturated heterocycles. The van der Waals surface area contributed by atoms with Crippen molar-refractivity contribution in [3.05, 3.63) is 88.7 Å². The van der Waals surface area contributed by atoms with Crippen LogP contribution in [-0.4, -0.2) is 35.2 Å². The van der Waals surface area contributed by atoms with Crippen molar-refractivity contribution in [3.8, 4) is 11.5 Å². The molecule has 0 aliphatic carbocycles. The lowest BCUT2D eigenvalue weighted by Crippen LogP contribution is -2.31. The maximum Gasteiger partial charge on any atom is 0.257 e. The van der Waals surface area contributed by atoms with Gasteiger partial charge in [-0.05, 0) is 87.1 Å². The molecule has 1 amide bonds. The fourth-order valence-electron chi connectivity index (χ4n) is 4.35. The number of aromatic nitrogens is 2.